The summed E-state index contributed by atoms with van der Waals surface area (Å²) in [6.07, 6.45) is 0. The third-order valence-electron chi connectivity index (χ3n) is 3.69. The fourth-order valence-electron chi connectivity index (χ4n) is 2.59. The summed E-state index contributed by atoms with van der Waals surface area (Å²) in [4.78, 5) is 0. The number of nitrogens with one attached hydrogen (secondary N) is 1. The zero-order valence-corrected chi connectivity index (χ0v) is 15.1. The summed E-state index contributed by atoms with van der Waals surface area (Å²) in [7, 11) is 0. The van der Waals surface area contributed by atoms with E-state index in [1.165, 1.54) is 10.8 Å². The smallest absolute Gasteiger partial charge is 0.124 e. The average molecular weight is 391 g/mol. The monoisotopic (exact) mass is 389 g/mol. The lowest BCUT2D eigenvalue weighted by atomic mass is 10.0. The van der Waals surface area contributed by atoms with E-state index < -0.39 is 0 Å². The molecule has 3 aromatic rings. The SMILES string of the molecule is CCOc1ccc2ccccc2c1CNc1ccc(Br)c(Cl)c1. The third kappa shape index (κ3) is 3.62. The first-order valence-electron chi connectivity index (χ1n) is 7.51. The molecular formula is C19H17BrClNO. The third-order valence-corrected chi connectivity index (χ3v) is 4.92. The van der Waals surface area contributed by atoms with Gasteiger partial charge in [0.2, 0.25) is 0 Å². The van der Waals surface area contributed by atoms with E-state index in [0.29, 0.717) is 18.2 Å². The van der Waals surface area contributed by atoms with E-state index in [4.69, 9.17) is 16.3 Å². The molecule has 0 atom stereocenters. The van der Waals surface area contributed by atoms with Gasteiger partial charge in [0.05, 0.1) is 11.6 Å². The Morgan fingerprint density at radius 3 is 2.70 bits per heavy atom. The number of anilines is 1. The van der Waals surface area contributed by atoms with Gasteiger partial charge in [-0.05, 0) is 57.9 Å². The Hall–Kier alpha value is -1.71. The quantitative estimate of drug-likeness (QED) is 0.554. The molecule has 0 aliphatic heterocycles. The van der Waals surface area contributed by atoms with Crippen LogP contribution in [0.1, 0.15) is 12.5 Å². The Morgan fingerprint density at radius 2 is 1.91 bits per heavy atom. The van der Waals surface area contributed by atoms with Crippen LogP contribution in [-0.4, -0.2) is 6.61 Å². The van der Waals surface area contributed by atoms with Gasteiger partial charge in [0.25, 0.3) is 0 Å². The summed E-state index contributed by atoms with van der Waals surface area (Å²) in [5.41, 5.74) is 2.14. The molecule has 4 heteroatoms. The normalized spacial score (nSPS) is 10.7. The predicted octanol–water partition coefficient (Wildman–Crippen LogP) is 6.27. The topological polar surface area (TPSA) is 21.3 Å². The van der Waals surface area contributed by atoms with Crippen LogP contribution in [0.4, 0.5) is 5.69 Å². The first kappa shape index (κ1) is 16.2. The van der Waals surface area contributed by atoms with Crippen LogP contribution in [0, 0.1) is 0 Å². The van der Waals surface area contributed by atoms with Crippen molar-refractivity contribution in [3.05, 3.63) is 69.7 Å². The van der Waals surface area contributed by atoms with Crippen LogP contribution in [-0.2, 0) is 6.54 Å². The minimum absolute atomic E-state index is 0.648. The number of halogens is 2. The lowest BCUT2D eigenvalue weighted by Gasteiger charge is -2.15. The van der Waals surface area contributed by atoms with E-state index in [2.05, 4.69) is 45.5 Å². The van der Waals surface area contributed by atoms with Crippen LogP contribution in [0.15, 0.2) is 59.1 Å². The zero-order chi connectivity index (χ0) is 16.2. The maximum Gasteiger partial charge on any atom is 0.124 e. The number of fused-ring (bicyclic) bond motifs is 1. The van der Waals surface area contributed by atoms with E-state index in [-0.39, 0.29) is 0 Å². The molecule has 0 aliphatic carbocycles. The van der Waals surface area contributed by atoms with Gasteiger partial charge in [-0.15, -0.1) is 0 Å². The van der Waals surface area contributed by atoms with Crippen molar-refractivity contribution >= 4 is 44.0 Å². The molecule has 0 amide bonds. The van der Waals surface area contributed by atoms with E-state index >= 15 is 0 Å². The van der Waals surface area contributed by atoms with Crippen molar-refractivity contribution in [2.24, 2.45) is 0 Å². The van der Waals surface area contributed by atoms with Crippen LogP contribution in [0.25, 0.3) is 10.8 Å². The highest BCUT2D eigenvalue weighted by Crippen LogP contribution is 2.30. The second kappa shape index (κ2) is 7.24. The average Bonchev–Trinajstić information content (AvgIpc) is 2.57. The van der Waals surface area contributed by atoms with Gasteiger partial charge in [-0.25, -0.2) is 0 Å². The fourth-order valence-corrected chi connectivity index (χ4v) is 3.01. The van der Waals surface area contributed by atoms with Gasteiger partial charge in [-0.3, -0.25) is 0 Å². The van der Waals surface area contributed by atoms with Gasteiger partial charge in [0.1, 0.15) is 5.75 Å². The van der Waals surface area contributed by atoms with Crippen LogP contribution in [0.5, 0.6) is 5.75 Å². The molecule has 118 valence electrons. The van der Waals surface area contributed by atoms with Crippen molar-refractivity contribution in [3.63, 3.8) is 0 Å². The van der Waals surface area contributed by atoms with Crippen LogP contribution in [0.2, 0.25) is 5.02 Å². The molecule has 3 rings (SSSR count). The Balaban J connectivity index is 1.93. The number of benzene rings is 3. The van der Waals surface area contributed by atoms with Gasteiger partial charge >= 0.3 is 0 Å². The highest BCUT2D eigenvalue weighted by Gasteiger charge is 2.09. The molecular weight excluding hydrogens is 374 g/mol. The van der Waals surface area contributed by atoms with Crippen molar-refractivity contribution in [1.82, 2.24) is 0 Å². The molecule has 0 bridgehead atoms. The summed E-state index contributed by atoms with van der Waals surface area (Å²) in [6.45, 7) is 3.32. The lowest BCUT2D eigenvalue weighted by molar-refractivity contribution is 0.337. The van der Waals surface area contributed by atoms with Gasteiger partial charge in [0.15, 0.2) is 0 Å². The first-order valence-corrected chi connectivity index (χ1v) is 8.68. The first-order chi connectivity index (χ1) is 11.2. The Bertz CT molecular complexity index is 835. The summed E-state index contributed by atoms with van der Waals surface area (Å²) in [6, 6.07) is 18.3. The van der Waals surface area contributed by atoms with Crippen LogP contribution < -0.4 is 10.1 Å². The second-order valence-corrected chi connectivity index (χ2v) is 6.44. The summed E-state index contributed by atoms with van der Waals surface area (Å²) < 4.78 is 6.70. The lowest BCUT2D eigenvalue weighted by Crippen LogP contribution is -2.04. The predicted molar refractivity (Wildman–Crippen MR) is 102 cm³/mol. The molecule has 23 heavy (non-hydrogen) atoms. The van der Waals surface area contributed by atoms with E-state index in [1.54, 1.807) is 0 Å². The molecule has 3 aromatic carbocycles. The Kier molecular flexibility index (Phi) is 5.09. The van der Waals surface area contributed by atoms with Crippen molar-refractivity contribution < 1.29 is 4.74 Å². The number of hydrogen-bond acceptors (Lipinski definition) is 2. The number of hydrogen-bond donors (Lipinski definition) is 1. The summed E-state index contributed by atoms with van der Waals surface area (Å²) in [5.74, 6) is 0.918. The molecule has 0 spiro atoms. The highest BCUT2D eigenvalue weighted by molar-refractivity contribution is 9.10. The molecule has 0 heterocycles. The molecule has 2 nitrogen and oxygen atoms in total. The highest BCUT2D eigenvalue weighted by atomic mass is 79.9. The second-order valence-electron chi connectivity index (χ2n) is 5.18. The zero-order valence-electron chi connectivity index (χ0n) is 12.8. The molecule has 0 saturated carbocycles. The van der Waals surface area contributed by atoms with Gasteiger partial charge in [-0.1, -0.05) is 41.9 Å². The van der Waals surface area contributed by atoms with Crippen molar-refractivity contribution in [3.8, 4) is 5.75 Å². The van der Waals surface area contributed by atoms with Gasteiger partial charge < -0.3 is 10.1 Å². The summed E-state index contributed by atoms with van der Waals surface area (Å²) >= 11 is 9.57. The molecule has 0 saturated heterocycles. The fraction of sp³-hybridized carbons (Fsp3) is 0.158. The molecule has 0 aromatic heterocycles. The van der Waals surface area contributed by atoms with Gasteiger partial charge in [0, 0.05) is 22.3 Å². The van der Waals surface area contributed by atoms with Crippen LogP contribution in [0.3, 0.4) is 0 Å². The summed E-state index contributed by atoms with van der Waals surface area (Å²) in [5, 5.41) is 6.54. The molecule has 0 radical (unpaired) electrons. The van der Waals surface area contributed by atoms with Crippen LogP contribution >= 0.6 is 27.5 Å². The molecule has 0 unspecified atom stereocenters. The van der Waals surface area contributed by atoms with Crippen molar-refractivity contribution in [1.29, 1.82) is 0 Å². The standard InChI is InChI=1S/C19H17BrClNO/c1-2-23-19-10-7-13-5-3-4-6-15(13)16(19)12-22-14-8-9-17(20)18(21)11-14/h3-11,22H,2,12H2,1H3. The maximum absolute atomic E-state index is 6.16. The molecule has 0 fully saturated rings. The minimum atomic E-state index is 0.648. The van der Waals surface area contributed by atoms with E-state index in [0.717, 1.165) is 21.5 Å². The van der Waals surface area contributed by atoms with Crippen molar-refractivity contribution in [2.45, 2.75) is 13.5 Å². The van der Waals surface area contributed by atoms with Gasteiger partial charge in [-0.2, -0.15) is 0 Å². The Morgan fingerprint density at radius 1 is 1.09 bits per heavy atom. The minimum Gasteiger partial charge on any atom is -0.494 e. The maximum atomic E-state index is 6.16. The van der Waals surface area contributed by atoms with Crippen molar-refractivity contribution in [2.75, 3.05) is 11.9 Å². The van der Waals surface area contributed by atoms with E-state index in [9.17, 15) is 0 Å². The number of ether oxygens (including phenoxy) is 1. The molecule has 0 aliphatic rings. The largest absolute Gasteiger partial charge is 0.494 e. The Labute approximate surface area is 149 Å². The number of rotatable bonds is 5. The molecule has 1 N–H and O–H groups in total. The van der Waals surface area contributed by atoms with E-state index in [1.807, 2.05) is 37.3 Å².